The van der Waals surface area contributed by atoms with Gasteiger partial charge >= 0.3 is 5.69 Å². The van der Waals surface area contributed by atoms with Crippen LogP contribution in [-0.2, 0) is 0 Å². The van der Waals surface area contributed by atoms with Crippen molar-refractivity contribution in [3.05, 3.63) is 62.7 Å². The molecule has 0 amide bonds. The van der Waals surface area contributed by atoms with Gasteiger partial charge < -0.3 is 5.32 Å². The van der Waals surface area contributed by atoms with Crippen LogP contribution in [0.15, 0.2) is 36.4 Å². The number of hydrogen-bond acceptors (Lipinski definition) is 3. The lowest BCUT2D eigenvalue weighted by atomic mass is 10.1. The molecule has 1 N–H and O–H groups in total. The van der Waals surface area contributed by atoms with Gasteiger partial charge in [-0.1, -0.05) is 23.7 Å². The highest BCUT2D eigenvalue weighted by atomic mass is 35.5. The van der Waals surface area contributed by atoms with E-state index in [1.165, 1.54) is 6.07 Å². The van der Waals surface area contributed by atoms with Crippen LogP contribution >= 0.6 is 11.6 Å². The molecule has 0 aliphatic rings. The lowest BCUT2D eigenvalue weighted by molar-refractivity contribution is -0.383. The molecule has 0 fully saturated rings. The molecule has 98 valence electrons. The molecule has 0 heterocycles. The molecule has 0 aromatic heterocycles. The summed E-state index contributed by atoms with van der Waals surface area (Å²) in [5.74, 6) is 0. The van der Waals surface area contributed by atoms with Crippen molar-refractivity contribution >= 4 is 28.7 Å². The molecule has 4 nitrogen and oxygen atoms in total. The molecule has 0 radical (unpaired) electrons. The first-order valence-electron chi connectivity index (χ1n) is 5.75. The van der Waals surface area contributed by atoms with E-state index in [0.29, 0.717) is 5.69 Å². The van der Waals surface area contributed by atoms with Gasteiger partial charge in [0.25, 0.3) is 0 Å². The van der Waals surface area contributed by atoms with Crippen LogP contribution in [0.1, 0.15) is 11.1 Å². The number of benzene rings is 2. The maximum Gasteiger partial charge on any atom is 0.311 e. The predicted molar refractivity (Wildman–Crippen MR) is 77.3 cm³/mol. The summed E-state index contributed by atoms with van der Waals surface area (Å²) in [6.07, 6.45) is 0. The third-order valence-corrected chi connectivity index (χ3v) is 2.98. The van der Waals surface area contributed by atoms with E-state index < -0.39 is 4.92 Å². The molecule has 0 spiro atoms. The molecule has 19 heavy (non-hydrogen) atoms. The van der Waals surface area contributed by atoms with Crippen molar-refractivity contribution in [2.75, 3.05) is 5.32 Å². The summed E-state index contributed by atoms with van der Waals surface area (Å²) in [6.45, 7) is 3.95. The number of nitrogens with zero attached hydrogens (tertiary/aromatic N) is 1. The van der Waals surface area contributed by atoms with Crippen molar-refractivity contribution in [3.63, 3.8) is 0 Å². The molecule has 0 atom stereocenters. The van der Waals surface area contributed by atoms with Crippen LogP contribution in [0.5, 0.6) is 0 Å². The minimum atomic E-state index is -0.479. The Hall–Kier alpha value is -2.07. The topological polar surface area (TPSA) is 55.2 Å². The van der Waals surface area contributed by atoms with Gasteiger partial charge in [0.05, 0.1) is 4.92 Å². The molecule has 0 unspecified atom stereocenters. The Morgan fingerprint density at radius 3 is 2.37 bits per heavy atom. The van der Waals surface area contributed by atoms with Gasteiger partial charge in [-0.05, 0) is 49.2 Å². The second kappa shape index (κ2) is 5.28. The highest BCUT2D eigenvalue weighted by Gasteiger charge is 2.18. The molecular formula is C14H13ClN2O2. The van der Waals surface area contributed by atoms with Gasteiger partial charge in [0.15, 0.2) is 0 Å². The first kappa shape index (κ1) is 13.4. The molecular weight excluding hydrogens is 264 g/mol. The zero-order valence-corrected chi connectivity index (χ0v) is 11.4. The van der Waals surface area contributed by atoms with Crippen LogP contribution in [0.25, 0.3) is 0 Å². The fourth-order valence-corrected chi connectivity index (χ4v) is 2.25. The number of nitro groups is 1. The third kappa shape index (κ3) is 3.03. The summed E-state index contributed by atoms with van der Waals surface area (Å²) in [5.41, 5.74) is 3.27. The zero-order valence-electron chi connectivity index (χ0n) is 10.6. The van der Waals surface area contributed by atoms with Crippen LogP contribution in [0, 0.1) is 24.0 Å². The van der Waals surface area contributed by atoms with Crippen molar-refractivity contribution < 1.29 is 4.92 Å². The standard InChI is InChI=1S/C14H13ClN2O2/c1-9-6-10(2)8-11(7-9)16-13-5-3-4-12(15)14(13)17(18)19/h3-8,16H,1-2H3. The van der Waals surface area contributed by atoms with Crippen molar-refractivity contribution in [1.29, 1.82) is 0 Å². The van der Waals surface area contributed by atoms with Gasteiger partial charge in [-0.25, -0.2) is 0 Å². The fourth-order valence-electron chi connectivity index (χ4n) is 2.00. The van der Waals surface area contributed by atoms with Crippen molar-refractivity contribution in [1.82, 2.24) is 0 Å². The Morgan fingerprint density at radius 2 is 1.79 bits per heavy atom. The van der Waals surface area contributed by atoms with E-state index >= 15 is 0 Å². The van der Waals surface area contributed by atoms with Crippen LogP contribution < -0.4 is 5.32 Å². The van der Waals surface area contributed by atoms with E-state index in [9.17, 15) is 10.1 Å². The van der Waals surface area contributed by atoms with E-state index in [2.05, 4.69) is 5.32 Å². The zero-order chi connectivity index (χ0) is 14.0. The number of anilines is 2. The van der Waals surface area contributed by atoms with E-state index in [1.54, 1.807) is 12.1 Å². The highest BCUT2D eigenvalue weighted by Crippen LogP contribution is 2.34. The van der Waals surface area contributed by atoms with E-state index in [0.717, 1.165) is 16.8 Å². The van der Waals surface area contributed by atoms with Crippen LogP contribution in [0.2, 0.25) is 5.02 Å². The summed E-state index contributed by atoms with van der Waals surface area (Å²) >= 11 is 5.87. The Bertz CT molecular complexity index is 621. The third-order valence-electron chi connectivity index (χ3n) is 2.67. The molecule has 0 saturated carbocycles. The lowest BCUT2D eigenvalue weighted by Gasteiger charge is -2.09. The Labute approximate surface area is 116 Å². The summed E-state index contributed by atoms with van der Waals surface area (Å²) < 4.78 is 0. The summed E-state index contributed by atoms with van der Waals surface area (Å²) in [6, 6.07) is 10.7. The monoisotopic (exact) mass is 276 g/mol. The summed E-state index contributed by atoms with van der Waals surface area (Å²) in [5, 5.41) is 14.2. The molecule has 2 aromatic rings. The average molecular weight is 277 g/mol. The van der Waals surface area contributed by atoms with Gasteiger partial charge in [-0.2, -0.15) is 0 Å². The quantitative estimate of drug-likeness (QED) is 0.658. The molecule has 2 aromatic carbocycles. The normalized spacial score (nSPS) is 10.3. The van der Waals surface area contributed by atoms with Gasteiger partial charge in [-0.15, -0.1) is 0 Å². The summed E-state index contributed by atoms with van der Waals surface area (Å²) in [4.78, 5) is 10.6. The Balaban J connectivity index is 2.43. The van der Waals surface area contributed by atoms with Crippen LogP contribution in [-0.4, -0.2) is 4.92 Å². The predicted octanol–water partition coefficient (Wildman–Crippen LogP) is 4.61. The van der Waals surface area contributed by atoms with Crippen LogP contribution in [0.3, 0.4) is 0 Å². The van der Waals surface area contributed by atoms with Crippen molar-refractivity contribution in [2.24, 2.45) is 0 Å². The first-order valence-corrected chi connectivity index (χ1v) is 6.13. The van der Waals surface area contributed by atoms with E-state index in [-0.39, 0.29) is 10.7 Å². The van der Waals surface area contributed by atoms with Crippen molar-refractivity contribution in [2.45, 2.75) is 13.8 Å². The fraction of sp³-hybridized carbons (Fsp3) is 0.143. The van der Waals surface area contributed by atoms with Gasteiger partial charge in [0, 0.05) is 5.69 Å². The highest BCUT2D eigenvalue weighted by molar-refractivity contribution is 6.33. The maximum absolute atomic E-state index is 11.0. The number of halogens is 1. The van der Waals surface area contributed by atoms with Gasteiger partial charge in [0.2, 0.25) is 0 Å². The Morgan fingerprint density at radius 1 is 1.16 bits per heavy atom. The maximum atomic E-state index is 11.0. The minimum absolute atomic E-state index is 0.108. The SMILES string of the molecule is Cc1cc(C)cc(Nc2cccc(Cl)c2[N+](=O)[O-])c1. The minimum Gasteiger partial charge on any atom is -0.350 e. The van der Waals surface area contributed by atoms with Crippen LogP contribution in [0.4, 0.5) is 17.1 Å². The number of para-hydroxylation sites is 1. The van der Waals surface area contributed by atoms with E-state index in [1.807, 2.05) is 32.0 Å². The molecule has 0 saturated heterocycles. The lowest BCUT2D eigenvalue weighted by Crippen LogP contribution is -1.98. The number of nitro benzene ring substituents is 1. The van der Waals surface area contributed by atoms with Gasteiger partial charge in [-0.3, -0.25) is 10.1 Å². The number of hydrogen-bond donors (Lipinski definition) is 1. The second-order valence-electron chi connectivity index (χ2n) is 4.39. The average Bonchev–Trinajstić information content (AvgIpc) is 2.26. The smallest absolute Gasteiger partial charge is 0.311 e. The first-order chi connectivity index (χ1) is 8.97. The molecule has 0 aliphatic carbocycles. The van der Waals surface area contributed by atoms with Crippen molar-refractivity contribution in [3.8, 4) is 0 Å². The molecule has 0 aliphatic heterocycles. The largest absolute Gasteiger partial charge is 0.350 e. The van der Waals surface area contributed by atoms with Gasteiger partial charge in [0.1, 0.15) is 10.7 Å². The molecule has 5 heteroatoms. The molecule has 0 bridgehead atoms. The molecule has 2 rings (SSSR count). The number of nitrogens with one attached hydrogen (secondary N) is 1. The summed E-state index contributed by atoms with van der Waals surface area (Å²) in [7, 11) is 0. The van der Waals surface area contributed by atoms with E-state index in [4.69, 9.17) is 11.6 Å². The second-order valence-corrected chi connectivity index (χ2v) is 4.80. The Kier molecular flexibility index (Phi) is 3.71. The number of rotatable bonds is 3. The number of aryl methyl sites for hydroxylation is 2.